The lowest BCUT2D eigenvalue weighted by atomic mass is 9.86. The molecule has 5 nitrogen and oxygen atoms in total. The van der Waals surface area contributed by atoms with Crippen molar-refractivity contribution in [1.82, 2.24) is 15.1 Å². The summed E-state index contributed by atoms with van der Waals surface area (Å²) in [7, 11) is 0. The molecule has 0 atom stereocenters. The van der Waals surface area contributed by atoms with E-state index in [0.717, 1.165) is 34.7 Å². The summed E-state index contributed by atoms with van der Waals surface area (Å²) in [6, 6.07) is 18.0. The minimum atomic E-state index is -0.212. The number of rotatable bonds is 5. The van der Waals surface area contributed by atoms with Gasteiger partial charge in [0.25, 0.3) is 0 Å². The number of nitrogens with zero attached hydrogens (tertiary/aromatic N) is 2. The lowest BCUT2D eigenvalue weighted by Crippen LogP contribution is -2.30. The third-order valence-corrected chi connectivity index (χ3v) is 5.12. The molecule has 2 N–H and O–H groups in total. The van der Waals surface area contributed by atoms with Gasteiger partial charge in [-0.1, -0.05) is 69.3 Å². The fourth-order valence-corrected chi connectivity index (χ4v) is 3.48. The van der Waals surface area contributed by atoms with Gasteiger partial charge in [0.05, 0.1) is 12.2 Å². The zero-order valence-corrected chi connectivity index (χ0v) is 17.9. The number of hydrogen-bond acceptors (Lipinski definition) is 2. The average Bonchev–Trinajstić information content (AvgIpc) is 2.93. The Balaban J connectivity index is 1.67. The Bertz CT molecular complexity index is 984. The molecule has 0 saturated carbocycles. The third-order valence-electron chi connectivity index (χ3n) is 5.12. The first-order chi connectivity index (χ1) is 13.8. The van der Waals surface area contributed by atoms with E-state index >= 15 is 0 Å². The molecule has 0 saturated heterocycles. The number of hydrogen-bond donors (Lipinski definition) is 2. The zero-order chi connectivity index (χ0) is 21.0. The summed E-state index contributed by atoms with van der Waals surface area (Å²) in [5.74, 6) is 0. The number of carbonyl (C=O) groups excluding carboxylic acids is 1. The van der Waals surface area contributed by atoms with Crippen molar-refractivity contribution in [2.24, 2.45) is 0 Å². The van der Waals surface area contributed by atoms with Crippen LogP contribution in [-0.2, 0) is 18.5 Å². The molecule has 0 bridgehead atoms. The molecule has 0 aliphatic carbocycles. The first kappa shape index (κ1) is 20.6. The highest BCUT2D eigenvalue weighted by molar-refractivity contribution is 5.90. The monoisotopic (exact) mass is 390 g/mol. The van der Waals surface area contributed by atoms with Gasteiger partial charge in [0.1, 0.15) is 0 Å². The Labute approximate surface area is 173 Å². The van der Waals surface area contributed by atoms with Crippen LogP contribution in [0.2, 0.25) is 0 Å². The van der Waals surface area contributed by atoms with E-state index in [-0.39, 0.29) is 11.4 Å². The molecule has 29 heavy (non-hydrogen) atoms. The molecule has 152 valence electrons. The van der Waals surface area contributed by atoms with Gasteiger partial charge in [0, 0.05) is 23.5 Å². The van der Waals surface area contributed by atoms with Crippen LogP contribution < -0.4 is 10.6 Å². The van der Waals surface area contributed by atoms with Crippen molar-refractivity contribution >= 4 is 11.7 Å². The number of nitrogens with one attached hydrogen (secondary N) is 2. The van der Waals surface area contributed by atoms with Crippen LogP contribution in [0.25, 0.3) is 0 Å². The second kappa shape index (κ2) is 8.52. The quantitative estimate of drug-likeness (QED) is 0.631. The summed E-state index contributed by atoms with van der Waals surface area (Å²) < 4.78 is 1.99. The lowest BCUT2D eigenvalue weighted by molar-refractivity contribution is 0.251. The molecule has 0 spiro atoms. The van der Waals surface area contributed by atoms with Gasteiger partial charge < -0.3 is 10.6 Å². The first-order valence-corrected chi connectivity index (χ1v) is 9.97. The van der Waals surface area contributed by atoms with Crippen LogP contribution in [0.5, 0.6) is 0 Å². The summed E-state index contributed by atoms with van der Waals surface area (Å²) >= 11 is 0. The third kappa shape index (κ3) is 5.05. The highest BCUT2D eigenvalue weighted by Gasteiger charge is 2.19. The summed E-state index contributed by atoms with van der Waals surface area (Å²) in [4.78, 5) is 12.5. The van der Waals surface area contributed by atoms with Crippen LogP contribution in [0.4, 0.5) is 10.5 Å². The molecule has 0 fully saturated rings. The standard InChI is InChI=1S/C24H30N4O/c1-17-20(18(2)28(27-17)16-19-11-7-6-8-12-19)15-25-23(29)26-22-14-10-9-13-21(22)24(3,4)5/h6-14H,15-16H2,1-5H3,(H2,25,26,29). The molecular formula is C24H30N4O. The summed E-state index contributed by atoms with van der Waals surface area (Å²) in [6.07, 6.45) is 0. The number of benzene rings is 2. The fraction of sp³-hybridized carbons (Fsp3) is 0.333. The van der Waals surface area contributed by atoms with Crippen molar-refractivity contribution in [3.63, 3.8) is 0 Å². The van der Waals surface area contributed by atoms with E-state index in [0.29, 0.717) is 6.54 Å². The molecule has 2 amide bonds. The number of urea groups is 1. The molecule has 1 heterocycles. The molecule has 3 aromatic rings. The Hall–Kier alpha value is -3.08. The first-order valence-electron chi connectivity index (χ1n) is 9.97. The van der Waals surface area contributed by atoms with Crippen molar-refractivity contribution in [3.05, 3.63) is 82.7 Å². The van der Waals surface area contributed by atoms with Crippen LogP contribution in [-0.4, -0.2) is 15.8 Å². The van der Waals surface area contributed by atoms with Gasteiger partial charge in [-0.3, -0.25) is 4.68 Å². The van der Waals surface area contributed by atoms with E-state index in [2.05, 4.69) is 54.7 Å². The smallest absolute Gasteiger partial charge is 0.319 e. The summed E-state index contributed by atoms with van der Waals surface area (Å²) in [5.41, 5.74) is 6.17. The molecule has 1 aromatic heterocycles. The second-order valence-electron chi connectivity index (χ2n) is 8.40. The second-order valence-corrected chi connectivity index (χ2v) is 8.40. The predicted octanol–water partition coefficient (Wildman–Crippen LogP) is 5.17. The Morgan fingerprint density at radius 2 is 1.66 bits per heavy atom. The number of aryl methyl sites for hydroxylation is 1. The van der Waals surface area contributed by atoms with Gasteiger partial charge in [0.15, 0.2) is 0 Å². The van der Waals surface area contributed by atoms with E-state index in [1.807, 2.05) is 54.9 Å². The van der Waals surface area contributed by atoms with Gasteiger partial charge in [0.2, 0.25) is 0 Å². The SMILES string of the molecule is Cc1nn(Cc2ccccc2)c(C)c1CNC(=O)Nc1ccccc1C(C)(C)C. The molecule has 0 radical (unpaired) electrons. The van der Waals surface area contributed by atoms with Gasteiger partial charge >= 0.3 is 6.03 Å². The number of carbonyl (C=O) groups is 1. The molecule has 3 rings (SSSR count). The predicted molar refractivity (Wildman–Crippen MR) is 118 cm³/mol. The fourth-order valence-electron chi connectivity index (χ4n) is 3.48. The van der Waals surface area contributed by atoms with Crippen LogP contribution >= 0.6 is 0 Å². The summed E-state index contributed by atoms with van der Waals surface area (Å²) in [5, 5.41) is 10.6. The topological polar surface area (TPSA) is 59.0 Å². The maximum atomic E-state index is 12.5. The molecule has 0 aliphatic heterocycles. The maximum Gasteiger partial charge on any atom is 0.319 e. The highest BCUT2D eigenvalue weighted by Crippen LogP contribution is 2.29. The van der Waals surface area contributed by atoms with E-state index in [9.17, 15) is 4.79 Å². The number of aromatic nitrogens is 2. The minimum absolute atomic E-state index is 0.0460. The Kier molecular flexibility index (Phi) is 6.06. The van der Waals surface area contributed by atoms with Crippen molar-refractivity contribution in [1.29, 1.82) is 0 Å². The lowest BCUT2D eigenvalue weighted by Gasteiger charge is -2.23. The Morgan fingerprint density at radius 1 is 1.00 bits per heavy atom. The van der Waals surface area contributed by atoms with Gasteiger partial charge in [-0.25, -0.2) is 4.79 Å². The van der Waals surface area contributed by atoms with E-state index in [1.54, 1.807) is 0 Å². The normalized spacial score (nSPS) is 11.3. The van der Waals surface area contributed by atoms with Gasteiger partial charge in [-0.2, -0.15) is 5.10 Å². The van der Waals surface area contributed by atoms with Crippen molar-refractivity contribution < 1.29 is 4.79 Å². The van der Waals surface area contributed by atoms with Gasteiger partial charge in [-0.15, -0.1) is 0 Å². The molecular weight excluding hydrogens is 360 g/mol. The van der Waals surface area contributed by atoms with Crippen molar-refractivity contribution in [2.75, 3.05) is 5.32 Å². The van der Waals surface area contributed by atoms with Crippen LogP contribution in [0.15, 0.2) is 54.6 Å². The maximum absolute atomic E-state index is 12.5. The average molecular weight is 391 g/mol. The largest absolute Gasteiger partial charge is 0.334 e. The molecule has 0 unspecified atom stereocenters. The molecule has 0 aliphatic rings. The molecule has 5 heteroatoms. The van der Waals surface area contributed by atoms with E-state index in [4.69, 9.17) is 0 Å². The number of amides is 2. The minimum Gasteiger partial charge on any atom is -0.334 e. The van der Waals surface area contributed by atoms with E-state index in [1.165, 1.54) is 5.56 Å². The number of anilines is 1. The van der Waals surface area contributed by atoms with E-state index < -0.39 is 0 Å². The van der Waals surface area contributed by atoms with Crippen LogP contribution in [0.3, 0.4) is 0 Å². The molecule has 2 aromatic carbocycles. The zero-order valence-electron chi connectivity index (χ0n) is 17.9. The van der Waals surface area contributed by atoms with Crippen molar-refractivity contribution in [3.8, 4) is 0 Å². The van der Waals surface area contributed by atoms with Crippen molar-refractivity contribution in [2.45, 2.75) is 53.1 Å². The Morgan fingerprint density at radius 3 is 2.34 bits per heavy atom. The summed E-state index contributed by atoms with van der Waals surface area (Å²) in [6.45, 7) is 11.6. The highest BCUT2D eigenvalue weighted by atomic mass is 16.2. The van der Waals surface area contributed by atoms with Crippen LogP contribution in [0, 0.1) is 13.8 Å². The number of para-hydroxylation sites is 1. The van der Waals surface area contributed by atoms with Gasteiger partial charge in [-0.05, 0) is 36.5 Å². The van der Waals surface area contributed by atoms with Crippen LogP contribution in [0.1, 0.15) is 48.8 Å².